The number of aromatic carboxylic acids is 1. The molecule has 1 aromatic rings. The van der Waals surface area contributed by atoms with E-state index in [0.29, 0.717) is 12.1 Å². The second kappa shape index (κ2) is 3.38. The molecule has 0 atom stereocenters. The van der Waals surface area contributed by atoms with Crippen LogP contribution in [0.2, 0.25) is 0 Å². The van der Waals surface area contributed by atoms with E-state index in [0.717, 1.165) is 7.11 Å². The number of rotatable bonds is 2. The molecule has 0 saturated heterocycles. The minimum Gasteiger partial charge on any atom is -0.545 e. The van der Waals surface area contributed by atoms with Crippen LogP contribution in [0.1, 0.15) is 10.4 Å². The highest BCUT2D eigenvalue weighted by Crippen LogP contribution is 2.20. The van der Waals surface area contributed by atoms with E-state index in [2.05, 4.69) is 4.74 Å². The van der Waals surface area contributed by atoms with Gasteiger partial charge in [0.2, 0.25) is 0 Å². The van der Waals surface area contributed by atoms with Crippen molar-refractivity contribution in [3.8, 4) is 5.75 Å². The highest BCUT2D eigenvalue weighted by atomic mass is 19.1. The Kier molecular flexibility index (Phi) is 2.46. The van der Waals surface area contributed by atoms with E-state index in [1.165, 1.54) is 0 Å². The first-order chi connectivity index (χ1) is 6.06. The molecule has 0 fully saturated rings. The minimum absolute atomic E-state index is 0.345. The molecular weight excluding hydrogens is 182 g/mol. The van der Waals surface area contributed by atoms with Crippen LogP contribution in [0.25, 0.3) is 0 Å². The average molecular weight is 187 g/mol. The van der Waals surface area contributed by atoms with Crippen LogP contribution in [-0.4, -0.2) is 13.1 Å². The van der Waals surface area contributed by atoms with Gasteiger partial charge in [-0.3, -0.25) is 0 Å². The number of carbonyl (C=O) groups is 1. The second-order valence-electron chi connectivity index (χ2n) is 2.25. The van der Waals surface area contributed by atoms with Gasteiger partial charge in [-0.2, -0.15) is 0 Å². The smallest absolute Gasteiger partial charge is 0.165 e. The Morgan fingerprint density at radius 3 is 2.46 bits per heavy atom. The predicted octanol–water partition coefficient (Wildman–Crippen LogP) is 0.337. The molecule has 0 unspecified atom stereocenters. The van der Waals surface area contributed by atoms with Gasteiger partial charge in [-0.1, -0.05) is 0 Å². The van der Waals surface area contributed by atoms with Crippen LogP contribution in [0.4, 0.5) is 8.78 Å². The lowest BCUT2D eigenvalue weighted by Gasteiger charge is -2.07. The third-order valence-corrected chi connectivity index (χ3v) is 1.46. The third kappa shape index (κ3) is 1.74. The van der Waals surface area contributed by atoms with Crippen LogP contribution in [0.3, 0.4) is 0 Å². The zero-order valence-electron chi connectivity index (χ0n) is 6.64. The van der Waals surface area contributed by atoms with Crippen LogP contribution in [0.15, 0.2) is 12.1 Å². The number of ether oxygens (including phenoxy) is 1. The maximum Gasteiger partial charge on any atom is 0.165 e. The fourth-order valence-corrected chi connectivity index (χ4v) is 0.841. The maximum absolute atomic E-state index is 12.8. The van der Waals surface area contributed by atoms with E-state index in [9.17, 15) is 18.7 Å². The monoisotopic (exact) mass is 187 g/mol. The number of benzene rings is 1. The number of halogens is 2. The summed E-state index contributed by atoms with van der Waals surface area (Å²) < 4.78 is 30.0. The molecule has 13 heavy (non-hydrogen) atoms. The number of methoxy groups -OCH3 is 1. The molecule has 0 N–H and O–H groups in total. The molecule has 0 aliphatic rings. The molecule has 0 amide bonds. The van der Waals surface area contributed by atoms with Crippen LogP contribution in [-0.2, 0) is 0 Å². The standard InChI is InChI=1S/C8H6F2O3/c1-13-7-3-5(9)4(8(11)12)2-6(7)10/h2-3H,1H3,(H,11,12)/p-1. The summed E-state index contributed by atoms with van der Waals surface area (Å²) in [7, 11) is 1.15. The van der Waals surface area contributed by atoms with Crippen molar-refractivity contribution in [2.75, 3.05) is 7.11 Å². The Balaban J connectivity index is 3.28. The number of carboxylic acids is 1. The van der Waals surface area contributed by atoms with E-state index >= 15 is 0 Å². The van der Waals surface area contributed by atoms with Gasteiger partial charge in [-0.25, -0.2) is 8.78 Å². The van der Waals surface area contributed by atoms with Gasteiger partial charge in [0.1, 0.15) is 5.82 Å². The highest BCUT2D eigenvalue weighted by molar-refractivity contribution is 5.86. The van der Waals surface area contributed by atoms with E-state index < -0.39 is 23.2 Å². The Morgan fingerprint density at radius 1 is 1.38 bits per heavy atom. The van der Waals surface area contributed by atoms with Crippen LogP contribution in [0.5, 0.6) is 5.75 Å². The molecule has 3 nitrogen and oxygen atoms in total. The molecule has 0 spiro atoms. The van der Waals surface area contributed by atoms with Crippen molar-refractivity contribution in [1.82, 2.24) is 0 Å². The first kappa shape index (κ1) is 9.44. The van der Waals surface area contributed by atoms with E-state index in [-0.39, 0.29) is 5.75 Å². The number of carboxylic acid groups (broad SMARTS) is 1. The summed E-state index contributed by atoms with van der Waals surface area (Å²) in [4.78, 5) is 10.2. The van der Waals surface area contributed by atoms with Gasteiger partial charge in [-0.05, 0) is 6.07 Å². The van der Waals surface area contributed by atoms with Crippen molar-refractivity contribution >= 4 is 5.97 Å². The van der Waals surface area contributed by atoms with Crippen LogP contribution >= 0.6 is 0 Å². The van der Waals surface area contributed by atoms with E-state index in [4.69, 9.17) is 0 Å². The van der Waals surface area contributed by atoms with Crippen molar-refractivity contribution in [2.45, 2.75) is 0 Å². The summed E-state index contributed by atoms with van der Waals surface area (Å²) in [6.45, 7) is 0. The second-order valence-corrected chi connectivity index (χ2v) is 2.25. The van der Waals surface area contributed by atoms with Crippen molar-refractivity contribution in [3.63, 3.8) is 0 Å². The lowest BCUT2D eigenvalue weighted by molar-refractivity contribution is -0.255. The summed E-state index contributed by atoms with van der Waals surface area (Å²) in [5, 5.41) is 10.2. The summed E-state index contributed by atoms with van der Waals surface area (Å²) >= 11 is 0. The van der Waals surface area contributed by atoms with Crippen molar-refractivity contribution in [3.05, 3.63) is 29.3 Å². The third-order valence-electron chi connectivity index (χ3n) is 1.46. The minimum atomic E-state index is -1.76. The molecule has 1 rings (SSSR count). The molecule has 0 heterocycles. The molecule has 0 bridgehead atoms. The predicted molar refractivity (Wildman–Crippen MR) is 37.2 cm³/mol. The van der Waals surface area contributed by atoms with Gasteiger partial charge in [0.05, 0.1) is 13.1 Å². The normalized spacial score (nSPS) is 9.77. The summed E-state index contributed by atoms with van der Waals surface area (Å²) in [6, 6.07) is 1.17. The molecule has 0 aliphatic heterocycles. The fraction of sp³-hybridized carbons (Fsp3) is 0.125. The molecule has 70 valence electrons. The van der Waals surface area contributed by atoms with Crippen molar-refractivity contribution in [2.24, 2.45) is 0 Å². The van der Waals surface area contributed by atoms with Gasteiger partial charge < -0.3 is 14.6 Å². The SMILES string of the molecule is COc1cc(F)c(C(=O)[O-])cc1F. The molecule has 0 aromatic heterocycles. The number of hydrogen-bond donors (Lipinski definition) is 0. The van der Waals surface area contributed by atoms with Gasteiger partial charge in [0.25, 0.3) is 0 Å². The maximum atomic E-state index is 12.8. The summed E-state index contributed by atoms with van der Waals surface area (Å²) in [5.41, 5.74) is -0.821. The number of hydrogen-bond acceptors (Lipinski definition) is 3. The van der Waals surface area contributed by atoms with Crippen LogP contribution in [0, 0.1) is 11.6 Å². The molecule has 5 heteroatoms. The van der Waals surface area contributed by atoms with E-state index in [1.54, 1.807) is 0 Å². The fourth-order valence-electron chi connectivity index (χ4n) is 0.841. The Morgan fingerprint density at radius 2 is 2.00 bits per heavy atom. The zero-order valence-corrected chi connectivity index (χ0v) is 6.64. The van der Waals surface area contributed by atoms with Gasteiger partial charge in [-0.15, -0.1) is 0 Å². The van der Waals surface area contributed by atoms with Gasteiger partial charge in [0, 0.05) is 11.6 Å². The first-order valence-corrected chi connectivity index (χ1v) is 3.30. The molecular formula is C8H5F2O3-. The van der Waals surface area contributed by atoms with Crippen molar-refractivity contribution < 1.29 is 23.4 Å². The number of carbonyl (C=O) groups excluding carboxylic acids is 1. The summed E-state index contributed by atoms with van der Waals surface area (Å²) in [5.74, 6) is -4.14. The Bertz CT molecular complexity index is 349. The molecule has 0 saturated carbocycles. The highest BCUT2D eigenvalue weighted by Gasteiger charge is 2.10. The summed E-state index contributed by atoms with van der Waals surface area (Å²) in [6.07, 6.45) is 0. The van der Waals surface area contributed by atoms with Gasteiger partial charge >= 0.3 is 0 Å². The zero-order chi connectivity index (χ0) is 10.0. The Labute approximate surface area is 72.6 Å². The average Bonchev–Trinajstić information content (AvgIpc) is 2.07. The quantitative estimate of drug-likeness (QED) is 0.670. The first-order valence-electron chi connectivity index (χ1n) is 3.30. The Hall–Kier alpha value is -1.65. The van der Waals surface area contributed by atoms with Gasteiger partial charge in [0.15, 0.2) is 11.6 Å². The lowest BCUT2D eigenvalue weighted by atomic mass is 10.2. The molecule has 0 radical (unpaired) electrons. The largest absolute Gasteiger partial charge is 0.545 e. The van der Waals surface area contributed by atoms with E-state index in [1.807, 2.05) is 0 Å². The molecule has 1 aromatic carbocycles. The van der Waals surface area contributed by atoms with Crippen molar-refractivity contribution in [1.29, 1.82) is 0 Å². The lowest BCUT2D eigenvalue weighted by Crippen LogP contribution is -2.23. The van der Waals surface area contributed by atoms with Crippen LogP contribution < -0.4 is 9.84 Å². The topological polar surface area (TPSA) is 49.4 Å². The molecule has 0 aliphatic carbocycles.